The van der Waals surface area contributed by atoms with E-state index in [4.69, 9.17) is 29.8 Å². The molecule has 156 valence electrons. The van der Waals surface area contributed by atoms with E-state index < -0.39 is 5.97 Å². The number of nitrogens with zero attached hydrogens (tertiary/aromatic N) is 1. The first-order chi connectivity index (χ1) is 13.9. The smallest absolute Gasteiger partial charge is 0.331 e. The molecule has 0 saturated carbocycles. The highest BCUT2D eigenvalue weighted by molar-refractivity contribution is 5.80. The van der Waals surface area contributed by atoms with Crippen LogP contribution in [-0.2, 0) is 17.9 Å². The number of carbonyl (C=O) groups is 1. The van der Waals surface area contributed by atoms with E-state index in [1.54, 1.807) is 57.6 Å². The number of carboxylic acid groups (broad SMARTS) is 1. The van der Waals surface area contributed by atoms with Crippen molar-refractivity contribution in [3.63, 3.8) is 0 Å². The number of hydrogen-bond donors (Lipinski definition) is 2. The first kappa shape index (κ1) is 21.7. The first-order valence-corrected chi connectivity index (χ1v) is 8.78. The molecular formula is C21H26N2O6. The van der Waals surface area contributed by atoms with Gasteiger partial charge in [0.2, 0.25) is 0 Å². The van der Waals surface area contributed by atoms with Gasteiger partial charge in [0.1, 0.15) is 28.8 Å². The van der Waals surface area contributed by atoms with Crippen molar-refractivity contribution in [1.82, 2.24) is 4.90 Å². The first-order valence-electron chi connectivity index (χ1n) is 8.78. The standard InChI is InChI=1S/C21H26N2O6/c1-26-16-7-5-14(18(9-16)28-3)12-23(20(22)11-21(24)25)13-15-6-8-17(27-2)10-19(15)29-4/h5-11H,12-13,22H2,1-4H3,(H,24,25). The molecule has 3 N–H and O–H groups in total. The van der Waals surface area contributed by atoms with Crippen LogP contribution in [-0.4, -0.2) is 44.4 Å². The normalized spacial score (nSPS) is 11.0. The summed E-state index contributed by atoms with van der Waals surface area (Å²) >= 11 is 0. The summed E-state index contributed by atoms with van der Waals surface area (Å²) in [6, 6.07) is 10.8. The van der Waals surface area contributed by atoms with Gasteiger partial charge in [-0.05, 0) is 24.3 Å². The predicted molar refractivity (Wildman–Crippen MR) is 108 cm³/mol. The van der Waals surface area contributed by atoms with E-state index in [9.17, 15) is 4.79 Å². The lowest BCUT2D eigenvalue weighted by atomic mass is 10.1. The van der Waals surface area contributed by atoms with Gasteiger partial charge in [0.15, 0.2) is 0 Å². The Kier molecular flexibility index (Phi) is 7.59. The largest absolute Gasteiger partial charge is 0.497 e. The highest BCUT2D eigenvalue weighted by atomic mass is 16.5. The van der Waals surface area contributed by atoms with Crippen LogP contribution in [0.1, 0.15) is 11.1 Å². The maximum atomic E-state index is 11.2. The molecule has 0 bridgehead atoms. The molecule has 0 fully saturated rings. The molecule has 8 heteroatoms. The zero-order valence-electron chi connectivity index (χ0n) is 17.0. The van der Waals surface area contributed by atoms with Crippen molar-refractivity contribution in [2.24, 2.45) is 5.73 Å². The summed E-state index contributed by atoms with van der Waals surface area (Å²) in [5, 5.41) is 9.14. The molecule has 2 rings (SSSR count). The summed E-state index contributed by atoms with van der Waals surface area (Å²) in [5.74, 6) is 1.51. The van der Waals surface area contributed by atoms with Crippen molar-refractivity contribution < 1.29 is 28.8 Å². The molecule has 0 atom stereocenters. The Bertz CT molecular complexity index is 824. The van der Waals surface area contributed by atoms with Gasteiger partial charge in [0, 0.05) is 36.3 Å². The average molecular weight is 402 g/mol. The molecule has 8 nitrogen and oxygen atoms in total. The Morgan fingerprint density at radius 3 is 1.69 bits per heavy atom. The number of ether oxygens (including phenoxy) is 4. The summed E-state index contributed by atoms with van der Waals surface area (Å²) in [5.41, 5.74) is 7.73. The second-order valence-electron chi connectivity index (χ2n) is 6.12. The molecule has 0 saturated heterocycles. The Balaban J connectivity index is 2.40. The third-order valence-corrected chi connectivity index (χ3v) is 4.35. The highest BCUT2D eigenvalue weighted by Crippen LogP contribution is 2.29. The van der Waals surface area contributed by atoms with Crippen LogP contribution in [0.2, 0.25) is 0 Å². The minimum Gasteiger partial charge on any atom is -0.497 e. The second-order valence-corrected chi connectivity index (χ2v) is 6.12. The van der Waals surface area contributed by atoms with Gasteiger partial charge in [-0.15, -0.1) is 0 Å². The number of nitrogens with two attached hydrogens (primary N) is 1. The van der Waals surface area contributed by atoms with Crippen molar-refractivity contribution >= 4 is 5.97 Å². The van der Waals surface area contributed by atoms with E-state index in [1.807, 2.05) is 12.1 Å². The Hall–Kier alpha value is -3.55. The fourth-order valence-corrected chi connectivity index (χ4v) is 2.83. The summed E-state index contributed by atoms with van der Waals surface area (Å²) in [6.45, 7) is 0.635. The van der Waals surface area contributed by atoms with E-state index in [0.29, 0.717) is 36.1 Å². The summed E-state index contributed by atoms with van der Waals surface area (Å²) in [6.07, 6.45) is 0.964. The quantitative estimate of drug-likeness (QED) is 0.585. The second kappa shape index (κ2) is 10.1. The molecule has 2 aromatic carbocycles. The molecule has 0 heterocycles. The molecule has 0 aliphatic rings. The Labute approximate surface area is 170 Å². The zero-order chi connectivity index (χ0) is 21.4. The van der Waals surface area contributed by atoms with Gasteiger partial charge in [0.05, 0.1) is 34.5 Å². The summed E-state index contributed by atoms with van der Waals surface area (Å²) in [4.78, 5) is 12.9. The number of aliphatic carboxylic acids is 1. The Morgan fingerprint density at radius 2 is 1.34 bits per heavy atom. The van der Waals surface area contributed by atoms with Crippen LogP contribution in [0, 0.1) is 0 Å². The lowest BCUT2D eigenvalue weighted by molar-refractivity contribution is -0.131. The van der Waals surface area contributed by atoms with Gasteiger partial charge in [-0.2, -0.15) is 0 Å². The number of carboxylic acids is 1. The summed E-state index contributed by atoms with van der Waals surface area (Å²) < 4.78 is 21.4. The molecule has 0 aliphatic heterocycles. The topological polar surface area (TPSA) is 103 Å². The zero-order valence-corrected chi connectivity index (χ0v) is 17.0. The van der Waals surface area contributed by atoms with Crippen LogP contribution >= 0.6 is 0 Å². The van der Waals surface area contributed by atoms with Crippen LogP contribution in [0.25, 0.3) is 0 Å². The van der Waals surface area contributed by atoms with Crippen LogP contribution in [0.3, 0.4) is 0 Å². The lowest BCUT2D eigenvalue weighted by Gasteiger charge is -2.26. The molecule has 2 aromatic rings. The fraction of sp³-hybridized carbons (Fsp3) is 0.286. The van der Waals surface area contributed by atoms with Gasteiger partial charge in [-0.25, -0.2) is 4.79 Å². The van der Waals surface area contributed by atoms with Crippen molar-refractivity contribution in [1.29, 1.82) is 0 Å². The minimum atomic E-state index is -1.13. The number of benzene rings is 2. The van der Waals surface area contributed by atoms with E-state index >= 15 is 0 Å². The number of hydrogen-bond acceptors (Lipinski definition) is 7. The minimum absolute atomic E-state index is 0.105. The monoisotopic (exact) mass is 402 g/mol. The SMILES string of the molecule is COc1ccc(CN(Cc2ccc(OC)cc2OC)C(N)=CC(=O)O)c(OC)c1. The van der Waals surface area contributed by atoms with Gasteiger partial charge >= 0.3 is 5.97 Å². The maximum Gasteiger partial charge on any atom is 0.331 e. The molecule has 0 spiro atoms. The van der Waals surface area contributed by atoms with Gasteiger partial charge in [-0.3, -0.25) is 0 Å². The van der Waals surface area contributed by atoms with E-state index in [2.05, 4.69) is 0 Å². The van der Waals surface area contributed by atoms with Gasteiger partial charge < -0.3 is 34.7 Å². The van der Waals surface area contributed by atoms with Crippen molar-refractivity contribution in [3.8, 4) is 23.0 Å². The predicted octanol–water partition coefficient (Wildman–Crippen LogP) is 2.61. The number of methoxy groups -OCH3 is 4. The molecule has 0 unspecified atom stereocenters. The maximum absolute atomic E-state index is 11.2. The van der Waals surface area contributed by atoms with E-state index in [0.717, 1.165) is 17.2 Å². The van der Waals surface area contributed by atoms with Gasteiger partial charge in [-0.1, -0.05) is 0 Å². The van der Waals surface area contributed by atoms with Crippen molar-refractivity contribution in [2.75, 3.05) is 28.4 Å². The van der Waals surface area contributed by atoms with Crippen molar-refractivity contribution in [2.45, 2.75) is 13.1 Å². The fourth-order valence-electron chi connectivity index (χ4n) is 2.83. The summed E-state index contributed by atoms with van der Waals surface area (Å²) in [7, 11) is 6.27. The van der Waals surface area contributed by atoms with E-state index in [1.165, 1.54) is 0 Å². The van der Waals surface area contributed by atoms with Crippen LogP contribution in [0.15, 0.2) is 48.3 Å². The van der Waals surface area contributed by atoms with Crippen LogP contribution in [0.5, 0.6) is 23.0 Å². The molecular weight excluding hydrogens is 376 g/mol. The molecule has 0 radical (unpaired) electrons. The van der Waals surface area contributed by atoms with Crippen LogP contribution in [0.4, 0.5) is 0 Å². The third kappa shape index (κ3) is 5.71. The average Bonchev–Trinajstić information content (AvgIpc) is 2.72. The Morgan fingerprint density at radius 1 is 0.897 bits per heavy atom. The van der Waals surface area contributed by atoms with Crippen molar-refractivity contribution in [3.05, 3.63) is 59.4 Å². The lowest BCUT2D eigenvalue weighted by Crippen LogP contribution is -2.28. The van der Waals surface area contributed by atoms with Crippen LogP contribution < -0.4 is 24.7 Å². The molecule has 0 amide bonds. The third-order valence-electron chi connectivity index (χ3n) is 4.35. The van der Waals surface area contributed by atoms with Gasteiger partial charge in [0.25, 0.3) is 0 Å². The number of rotatable bonds is 10. The highest BCUT2D eigenvalue weighted by Gasteiger charge is 2.16. The van der Waals surface area contributed by atoms with E-state index in [-0.39, 0.29) is 5.82 Å². The molecule has 29 heavy (non-hydrogen) atoms. The molecule has 0 aromatic heterocycles. The molecule has 0 aliphatic carbocycles.